The highest BCUT2D eigenvalue weighted by atomic mass is 19.2. The van der Waals surface area contributed by atoms with Crippen LogP contribution in [0.5, 0.6) is 0 Å². The first-order chi connectivity index (χ1) is 19.6. The highest BCUT2D eigenvalue weighted by molar-refractivity contribution is 5.27. The van der Waals surface area contributed by atoms with E-state index in [9.17, 15) is 8.78 Å². The van der Waals surface area contributed by atoms with Gasteiger partial charge in [-0.25, -0.2) is 8.78 Å². The van der Waals surface area contributed by atoms with E-state index in [0.29, 0.717) is 38.1 Å². The number of benzene rings is 1. The average Bonchev–Trinajstić information content (AvgIpc) is 2.99. The number of fused-ring (bicyclic) bond motifs is 1. The molecule has 1 aromatic rings. The van der Waals surface area contributed by atoms with Crippen LogP contribution in [0, 0.1) is 17.8 Å². The fraction of sp³-hybridized carbons (Fsp3) is 0.556. The van der Waals surface area contributed by atoms with Crippen LogP contribution in [0.15, 0.2) is 84.0 Å². The van der Waals surface area contributed by atoms with E-state index in [0.717, 1.165) is 24.7 Å². The van der Waals surface area contributed by atoms with Crippen molar-refractivity contribution in [1.29, 1.82) is 0 Å². The minimum absolute atomic E-state index is 0.0453. The Morgan fingerprint density at radius 2 is 1.70 bits per heavy atom. The van der Waals surface area contributed by atoms with Crippen LogP contribution in [-0.2, 0) is 15.9 Å². The molecule has 0 aromatic heterocycles. The Hall–Kier alpha value is -2.46. The lowest BCUT2D eigenvalue weighted by Gasteiger charge is -2.42. The number of hydrogen-bond donors (Lipinski definition) is 0. The fourth-order valence-electron chi connectivity index (χ4n) is 6.42. The molecule has 1 aromatic carbocycles. The zero-order chi connectivity index (χ0) is 28.6. The van der Waals surface area contributed by atoms with Crippen LogP contribution in [0.3, 0.4) is 0 Å². The van der Waals surface area contributed by atoms with E-state index >= 15 is 0 Å². The van der Waals surface area contributed by atoms with Crippen molar-refractivity contribution in [2.24, 2.45) is 17.8 Å². The standard InChI is InChI=1S/C36H50F2O2/c1-4-7-8-12-28-15-17-30(18-16-28)32-20-22-33-25-31(19-21-34(33)26-32)29(5-2)13-9-10-24-40-36(35(38)27-37)14-11-23-39-6-3/h4-5,7,9,11,13-18,31-34H,6,8,10,12,19-27H2,1-3H3/b7-4+,13-9-,14-11-,29-5+,36-35-. The van der Waals surface area contributed by atoms with Crippen LogP contribution in [-0.4, -0.2) is 26.5 Å². The Balaban J connectivity index is 1.45. The highest BCUT2D eigenvalue weighted by Crippen LogP contribution is 2.49. The number of rotatable bonds is 15. The monoisotopic (exact) mass is 552 g/mol. The number of alkyl halides is 1. The first kappa shape index (κ1) is 32.1. The van der Waals surface area contributed by atoms with Crippen LogP contribution in [0.25, 0.3) is 0 Å². The largest absolute Gasteiger partial charge is 0.490 e. The van der Waals surface area contributed by atoms with E-state index in [1.807, 2.05) is 6.92 Å². The van der Waals surface area contributed by atoms with Gasteiger partial charge >= 0.3 is 0 Å². The lowest BCUT2D eigenvalue weighted by Crippen LogP contribution is -2.31. The summed E-state index contributed by atoms with van der Waals surface area (Å²) in [6.45, 7) is 6.16. The smallest absolute Gasteiger partial charge is 0.173 e. The van der Waals surface area contributed by atoms with Crippen molar-refractivity contribution < 1.29 is 18.3 Å². The lowest BCUT2D eigenvalue weighted by molar-refractivity contribution is 0.131. The summed E-state index contributed by atoms with van der Waals surface area (Å²) in [4.78, 5) is 0. The van der Waals surface area contributed by atoms with Crippen molar-refractivity contribution in [3.05, 3.63) is 95.1 Å². The van der Waals surface area contributed by atoms with Crippen LogP contribution in [0.2, 0.25) is 0 Å². The molecular weight excluding hydrogens is 502 g/mol. The maximum absolute atomic E-state index is 13.8. The summed E-state index contributed by atoms with van der Waals surface area (Å²) in [5.74, 6) is 2.05. The molecule has 0 saturated heterocycles. The predicted octanol–water partition coefficient (Wildman–Crippen LogP) is 10.1. The van der Waals surface area contributed by atoms with Crippen molar-refractivity contribution in [1.82, 2.24) is 0 Å². The first-order valence-corrected chi connectivity index (χ1v) is 15.4. The van der Waals surface area contributed by atoms with Gasteiger partial charge in [0.15, 0.2) is 11.6 Å². The molecule has 0 radical (unpaired) electrons. The Morgan fingerprint density at radius 1 is 0.925 bits per heavy atom. The maximum atomic E-state index is 13.8. The SMILES string of the molecule is C/C=C(\C=C/CCOC(/C=C\COCC)=C(\F)CF)C1CCC2CC(c3ccc(CC/C=C/C)cc3)CCC2C1. The van der Waals surface area contributed by atoms with Gasteiger partial charge in [0.25, 0.3) is 0 Å². The number of allylic oxidation sites excluding steroid dienone is 7. The number of ether oxygens (including phenoxy) is 2. The maximum Gasteiger partial charge on any atom is 0.173 e. The molecule has 0 bridgehead atoms. The molecule has 0 amide bonds. The Morgan fingerprint density at radius 3 is 2.42 bits per heavy atom. The lowest BCUT2D eigenvalue weighted by atomic mass is 9.63. The van der Waals surface area contributed by atoms with Gasteiger partial charge in [0.05, 0.1) is 13.2 Å². The topological polar surface area (TPSA) is 18.5 Å². The summed E-state index contributed by atoms with van der Waals surface area (Å²) < 4.78 is 37.4. The molecule has 2 aliphatic carbocycles. The van der Waals surface area contributed by atoms with Crippen LogP contribution >= 0.6 is 0 Å². The summed E-state index contributed by atoms with van der Waals surface area (Å²) in [7, 11) is 0. The fourth-order valence-corrected chi connectivity index (χ4v) is 6.42. The van der Waals surface area contributed by atoms with E-state index < -0.39 is 12.5 Å². The zero-order valence-corrected chi connectivity index (χ0v) is 24.9. The summed E-state index contributed by atoms with van der Waals surface area (Å²) in [6.07, 6.45) is 24.7. The van der Waals surface area contributed by atoms with Crippen molar-refractivity contribution in [2.45, 2.75) is 84.5 Å². The van der Waals surface area contributed by atoms with Gasteiger partial charge < -0.3 is 9.47 Å². The first-order valence-electron chi connectivity index (χ1n) is 15.4. The molecule has 0 N–H and O–H groups in total. The quantitative estimate of drug-likeness (QED) is 0.0933. The molecule has 2 fully saturated rings. The molecule has 4 atom stereocenters. The summed E-state index contributed by atoms with van der Waals surface area (Å²) in [5.41, 5.74) is 4.37. The summed E-state index contributed by atoms with van der Waals surface area (Å²) in [5, 5.41) is 0. The molecule has 0 heterocycles. The minimum atomic E-state index is -1.17. The van der Waals surface area contributed by atoms with Gasteiger partial charge in [-0.2, -0.15) is 0 Å². The normalized spacial score (nSPS) is 24.6. The third-order valence-corrected chi connectivity index (χ3v) is 8.63. The third kappa shape index (κ3) is 10.2. The Labute approximate surface area is 241 Å². The van der Waals surface area contributed by atoms with E-state index in [4.69, 9.17) is 9.47 Å². The number of aryl methyl sites for hydroxylation is 1. The molecule has 2 saturated carbocycles. The molecule has 3 rings (SSSR count). The van der Waals surface area contributed by atoms with Crippen molar-refractivity contribution >= 4 is 0 Å². The molecule has 2 nitrogen and oxygen atoms in total. The van der Waals surface area contributed by atoms with Crippen molar-refractivity contribution in [3.63, 3.8) is 0 Å². The zero-order valence-electron chi connectivity index (χ0n) is 24.9. The minimum Gasteiger partial charge on any atom is -0.490 e. The second kappa shape index (κ2) is 18.1. The predicted molar refractivity (Wildman–Crippen MR) is 164 cm³/mol. The molecule has 40 heavy (non-hydrogen) atoms. The molecular formula is C36H50F2O2. The molecule has 0 aliphatic heterocycles. The average molecular weight is 553 g/mol. The van der Waals surface area contributed by atoms with E-state index in [2.05, 4.69) is 68.5 Å². The third-order valence-electron chi connectivity index (χ3n) is 8.63. The summed E-state index contributed by atoms with van der Waals surface area (Å²) >= 11 is 0. The van der Waals surface area contributed by atoms with Gasteiger partial charge in [-0.05, 0) is 125 Å². The van der Waals surface area contributed by atoms with Gasteiger partial charge in [-0.15, -0.1) is 0 Å². The van der Waals surface area contributed by atoms with Crippen LogP contribution < -0.4 is 0 Å². The second-order valence-corrected chi connectivity index (χ2v) is 11.2. The molecule has 4 heteroatoms. The second-order valence-electron chi connectivity index (χ2n) is 11.2. The molecule has 2 aliphatic rings. The Kier molecular flexibility index (Phi) is 14.5. The van der Waals surface area contributed by atoms with Crippen LogP contribution in [0.4, 0.5) is 8.78 Å². The number of halogens is 2. The molecule has 0 spiro atoms. The van der Waals surface area contributed by atoms with E-state index in [1.54, 1.807) is 6.08 Å². The summed E-state index contributed by atoms with van der Waals surface area (Å²) in [6, 6.07) is 9.45. The van der Waals surface area contributed by atoms with Gasteiger partial charge in [0.1, 0.15) is 6.67 Å². The van der Waals surface area contributed by atoms with Crippen LogP contribution in [0.1, 0.15) is 89.2 Å². The number of hydrogen-bond acceptors (Lipinski definition) is 2. The van der Waals surface area contributed by atoms with Gasteiger partial charge in [0.2, 0.25) is 0 Å². The van der Waals surface area contributed by atoms with Crippen molar-refractivity contribution in [2.75, 3.05) is 26.5 Å². The van der Waals surface area contributed by atoms with E-state index in [-0.39, 0.29) is 5.76 Å². The van der Waals surface area contributed by atoms with Gasteiger partial charge in [-0.1, -0.05) is 60.7 Å². The molecule has 4 unspecified atom stereocenters. The molecule has 220 valence electrons. The van der Waals surface area contributed by atoms with Gasteiger partial charge in [0, 0.05) is 6.61 Å². The van der Waals surface area contributed by atoms with Gasteiger partial charge in [-0.3, -0.25) is 0 Å². The van der Waals surface area contributed by atoms with E-state index in [1.165, 1.54) is 61.3 Å². The Bertz CT molecular complexity index is 1020. The highest BCUT2D eigenvalue weighted by Gasteiger charge is 2.36. The van der Waals surface area contributed by atoms with Crippen molar-refractivity contribution in [3.8, 4) is 0 Å².